The number of hydrogen-bond donors (Lipinski definition) is 14. The molecule has 0 amide bonds. The molecule has 9 rings (SSSR count). The zero-order valence-electron chi connectivity index (χ0n) is 51.7. The lowest BCUT2D eigenvalue weighted by molar-refractivity contribution is -0.160. The van der Waals surface area contributed by atoms with Crippen molar-refractivity contribution in [1.29, 1.82) is 0 Å². The van der Waals surface area contributed by atoms with Crippen LogP contribution in [0.1, 0.15) is 117 Å². The lowest BCUT2D eigenvalue weighted by Gasteiger charge is -2.35. The van der Waals surface area contributed by atoms with Crippen molar-refractivity contribution in [3.8, 4) is 86.2 Å². The third-order valence-electron chi connectivity index (χ3n) is 14.4. The Balaban J connectivity index is 0.000000198. The number of fused-ring (bicyclic) bond motifs is 3. The highest BCUT2D eigenvalue weighted by molar-refractivity contribution is 5.91. The van der Waals surface area contributed by atoms with E-state index < -0.39 is 94.5 Å². The number of aromatic hydroxyl groups is 13. The van der Waals surface area contributed by atoms with Gasteiger partial charge in [-0.2, -0.15) is 0 Å². The molecule has 5 atom stereocenters. The molecule has 0 saturated carbocycles. The molecule has 1 aromatic heterocycles. The van der Waals surface area contributed by atoms with Crippen LogP contribution in [0.25, 0.3) is 11.0 Å². The number of ether oxygens (including phenoxy) is 5. The third-order valence-corrected chi connectivity index (χ3v) is 14.4. The van der Waals surface area contributed by atoms with E-state index in [0.29, 0.717) is 28.0 Å². The van der Waals surface area contributed by atoms with Gasteiger partial charge in [-0.25, -0.2) is 14.4 Å². The first kappa shape index (κ1) is 70.2. The van der Waals surface area contributed by atoms with E-state index in [0.717, 1.165) is 12.1 Å². The Morgan fingerprint density at radius 1 is 0.598 bits per heavy atom. The molecule has 0 fully saturated rings. The number of esters is 3. The second kappa shape index (κ2) is 29.6. The molecule has 492 valence electrons. The van der Waals surface area contributed by atoms with Crippen LogP contribution in [-0.4, -0.2) is 120 Å². The number of carboxylic acid groups (broad SMARTS) is 1. The summed E-state index contributed by atoms with van der Waals surface area (Å²) in [5.74, 6) is -6.81. The molecule has 2 aliphatic rings. The van der Waals surface area contributed by atoms with E-state index in [2.05, 4.69) is 0 Å². The number of carboxylic acids is 1. The number of benzene rings is 6. The van der Waals surface area contributed by atoms with Gasteiger partial charge in [0.15, 0.2) is 29.1 Å². The lowest BCUT2D eigenvalue weighted by Crippen LogP contribution is -2.44. The number of aliphatic carboxylic acids is 1. The standard InChI is InChI=1S/C20H22O7.C19H20O8.C16H20O5.C12H12O5/c1-9(2)19-18(8-13-16(24)6-12(21)7-17(13)26-19)27-20(25)11-4-14(22)10(3)15(23)5-11;1-8(2)19(25)27-16-7-11-12(21)5-10(20)6-15(11)26-18(16)9-3-13(22)17(24)14(23)4-9;1-10(2)4-7-15(18)21-14(16(19)20)9-12-6-5-11(3)13(17)8-12;1-5(2)12-11(16)10(15)9-7(14)3-6(13)4-8(9)17-12/h4-7,9,18-19,21-24H,8H2,1-3H3;3-6,8,16,18,20-24H,7H2,1-2H3;4-8,10,14,17H,9H2,1-3H3,(H,19,20);3-5,13-14,16H,1-2H3/b;;7-4+;/t18-,19-;16-,18-;;/m11../s1. The molecule has 0 saturated heterocycles. The molecule has 0 bridgehead atoms. The summed E-state index contributed by atoms with van der Waals surface area (Å²) < 4.78 is 33.0. The van der Waals surface area contributed by atoms with Gasteiger partial charge in [-0.1, -0.05) is 73.6 Å². The number of allylic oxidation sites excluding steroid dienone is 1. The van der Waals surface area contributed by atoms with Crippen molar-refractivity contribution in [2.24, 2.45) is 17.8 Å². The van der Waals surface area contributed by atoms with Crippen molar-refractivity contribution in [3.63, 3.8) is 0 Å². The molecular weight excluding hydrogens is 1200 g/mol. The van der Waals surface area contributed by atoms with Crippen molar-refractivity contribution < 1.29 is 119 Å². The Morgan fingerprint density at radius 3 is 1.66 bits per heavy atom. The third kappa shape index (κ3) is 17.3. The predicted molar refractivity (Wildman–Crippen MR) is 329 cm³/mol. The molecule has 0 aliphatic carbocycles. The quantitative estimate of drug-likeness (QED) is 0.0221. The molecule has 25 heteroatoms. The first-order valence-corrected chi connectivity index (χ1v) is 28.8. The van der Waals surface area contributed by atoms with Crippen LogP contribution in [0.15, 0.2) is 100 Å². The normalized spacial score (nSPS) is 15.9. The fourth-order valence-corrected chi connectivity index (χ4v) is 9.37. The van der Waals surface area contributed by atoms with Gasteiger partial charge < -0.3 is 99.6 Å². The molecular formula is C67H74O25. The van der Waals surface area contributed by atoms with Gasteiger partial charge in [-0.05, 0) is 67.1 Å². The van der Waals surface area contributed by atoms with Crippen LogP contribution in [0.4, 0.5) is 0 Å². The largest absolute Gasteiger partial charge is 0.508 e. The molecule has 2 aliphatic heterocycles. The summed E-state index contributed by atoms with van der Waals surface area (Å²) in [6, 6.07) is 17.0. The fraction of sp³-hybridized carbons (Fsp3) is 0.328. The highest BCUT2D eigenvalue weighted by Gasteiger charge is 2.39. The van der Waals surface area contributed by atoms with Gasteiger partial charge in [0.05, 0.1) is 11.5 Å². The molecule has 6 aromatic carbocycles. The maximum Gasteiger partial charge on any atom is 0.345 e. The Morgan fingerprint density at radius 2 is 1.14 bits per heavy atom. The van der Waals surface area contributed by atoms with Gasteiger partial charge >= 0.3 is 23.9 Å². The molecule has 0 spiro atoms. The van der Waals surface area contributed by atoms with Crippen molar-refractivity contribution in [3.05, 3.63) is 146 Å². The number of phenols is 12. The van der Waals surface area contributed by atoms with Crippen molar-refractivity contribution in [1.82, 2.24) is 0 Å². The predicted octanol–water partition coefficient (Wildman–Crippen LogP) is 9.95. The second-order valence-corrected chi connectivity index (χ2v) is 23.1. The summed E-state index contributed by atoms with van der Waals surface area (Å²) in [7, 11) is 0. The van der Waals surface area contributed by atoms with Crippen molar-refractivity contribution in [2.75, 3.05) is 0 Å². The van der Waals surface area contributed by atoms with E-state index in [1.807, 2.05) is 27.7 Å². The van der Waals surface area contributed by atoms with Gasteiger partial charge in [0.2, 0.25) is 17.3 Å². The van der Waals surface area contributed by atoms with Gasteiger partial charge in [0, 0.05) is 89.9 Å². The summed E-state index contributed by atoms with van der Waals surface area (Å²) >= 11 is 0. The second-order valence-electron chi connectivity index (χ2n) is 23.1. The first-order chi connectivity index (χ1) is 43.0. The molecule has 25 nitrogen and oxygen atoms in total. The number of phenolic OH excluding ortho intramolecular Hbond substituents is 12. The summed E-state index contributed by atoms with van der Waals surface area (Å²) in [6.07, 6.45) is -1.11. The highest BCUT2D eigenvalue weighted by atomic mass is 16.6. The maximum absolute atomic E-state index is 12.5. The average Bonchev–Trinajstić information content (AvgIpc) is 0.836. The minimum atomic E-state index is -1.28. The summed E-state index contributed by atoms with van der Waals surface area (Å²) in [5.41, 5.74) is 1.97. The van der Waals surface area contributed by atoms with Crippen LogP contribution in [-0.2, 0) is 47.9 Å². The first-order valence-electron chi connectivity index (χ1n) is 28.8. The van der Waals surface area contributed by atoms with Gasteiger partial charge in [0.1, 0.15) is 92.5 Å². The number of carbonyl (C=O) groups is 4. The topological polar surface area (TPSA) is 428 Å². The average molecular weight is 1280 g/mol. The molecule has 0 radical (unpaired) electrons. The van der Waals surface area contributed by atoms with Crippen LogP contribution < -0.4 is 14.9 Å². The lowest BCUT2D eigenvalue weighted by atomic mass is 9.92. The fourth-order valence-electron chi connectivity index (χ4n) is 9.37. The van der Waals surface area contributed by atoms with Crippen molar-refractivity contribution >= 4 is 34.8 Å². The van der Waals surface area contributed by atoms with Crippen LogP contribution >= 0.6 is 0 Å². The van der Waals surface area contributed by atoms with Crippen LogP contribution in [0.5, 0.6) is 86.2 Å². The molecule has 14 N–H and O–H groups in total. The number of rotatable bonds is 13. The minimum Gasteiger partial charge on any atom is -0.508 e. The van der Waals surface area contributed by atoms with Crippen LogP contribution in [0, 0.1) is 31.6 Å². The highest BCUT2D eigenvalue weighted by Crippen LogP contribution is 2.46. The van der Waals surface area contributed by atoms with Crippen molar-refractivity contribution in [2.45, 2.75) is 125 Å². The van der Waals surface area contributed by atoms with E-state index in [1.54, 1.807) is 52.8 Å². The smallest absolute Gasteiger partial charge is 0.345 e. The zero-order chi connectivity index (χ0) is 68.5. The maximum atomic E-state index is 12.5. The van der Waals surface area contributed by atoms with E-state index >= 15 is 0 Å². The number of carbonyl (C=O) groups excluding carboxylic acids is 3. The van der Waals surface area contributed by atoms with E-state index in [1.165, 1.54) is 67.6 Å². The van der Waals surface area contributed by atoms with Gasteiger partial charge in [-0.15, -0.1) is 0 Å². The van der Waals surface area contributed by atoms with Gasteiger partial charge in [0.25, 0.3) is 0 Å². The van der Waals surface area contributed by atoms with Crippen LogP contribution in [0.3, 0.4) is 0 Å². The molecule has 7 aromatic rings. The monoisotopic (exact) mass is 1280 g/mol. The Hall–Kier alpha value is -10.9. The van der Waals surface area contributed by atoms with E-state index in [9.17, 15) is 90.4 Å². The number of hydrogen-bond acceptors (Lipinski definition) is 24. The molecule has 1 unspecified atom stereocenters. The SMILES string of the molecule is CC(C)C(=O)O[C@@H]1Cc2c(O)cc(O)cc2O[C@@H]1c1cc(O)c(O)c(O)c1.CC(C)c1oc2cc(O)cc(O)c2c(=O)c1O.Cc1c(O)cc(C(=O)O[C@@H]2Cc3c(O)cc(O)cc3O[C@@H]2C(C)C)cc1O.Cc1ccc(CC(OC(=O)/C=C/C(C)C)C(=O)O)cc1O. The molecule has 3 heterocycles. The Kier molecular flexibility index (Phi) is 22.6. The van der Waals surface area contributed by atoms with Crippen LogP contribution in [0.2, 0.25) is 0 Å². The molecule has 92 heavy (non-hydrogen) atoms. The summed E-state index contributed by atoms with van der Waals surface area (Å²) in [5, 5.41) is 135. The minimum absolute atomic E-state index is 0.00440. The summed E-state index contributed by atoms with van der Waals surface area (Å²) in [6.45, 7) is 17.7. The van der Waals surface area contributed by atoms with E-state index in [4.69, 9.17) is 33.2 Å². The Labute approximate surface area is 526 Å². The summed E-state index contributed by atoms with van der Waals surface area (Å²) in [4.78, 5) is 59.2. The zero-order valence-corrected chi connectivity index (χ0v) is 51.7. The van der Waals surface area contributed by atoms with Gasteiger partial charge in [-0.3, -0.25) is 9.59 Å². The van der Waals surface area contributed by atoms with E-state index in [-0.39, 0.29) is 122 Å². The number of aryl methyl sites for hydroxylation is 1. The Bertz CT molecular complexity index is 3920.